The van der Waals surface area contributed by atoms with Crippen molar-refractivity contribution in [1.29, 1.82) is 0 Å². The van der Waals surface area contributed by atoms with Crippen molar-refractivity contribution in [1.82, 2.24) is 24.7 Å². The molecule has 1 atom stereocenters. The maximum atomic E-state index is 14.0. The number of halogens is 1. The van der Waals surface area contributed by atoms with Crippen LogP contribution in [-0.4, -0.2) is 30.8 Å². The third-order valence-corrected chi connectivity index (χ3v) is 4.30. The van der Waals surface area contributed by atoms with Crippen molar-refractivity contribution in [3.63, 3.8) is 0 Å². The molecule has 0 amide bonds. The molecule has 1 aromatic carbocycles. The number of aromatic nitrogens is 5. The Balaban J connectivity index is 1.50. The molecule has 0 fully saturated rings. The van der Waals surface area contributed by atoms with E-state index in [0.29, 0.717) is 11.6 Å². The minimum Gasteiger partial charge on any atom is -0.351 e. The van der Waals surface area contributed by atoms with E-state index in [1.165, 1.54) is 16.3 Å². The van der Waals surface area contributed by atoms with Crippen LogP contribution in [0.4, 0.5) is 10.3 Å². The summed E-state index contributed by atoms with van der Waals surface area (Å²) >= 11 is 0. The smallest absolute Gasteiger partial charge is 0.223 e. The summed E-state index contributed by atoms with van der Waals surface area (Å²) in [6.45, 7) is 2.08. The third kappa shape index (κ3) is 4.03. The zero-order valence-electron chi connectivity index (χ0n) is 15.3. The summed E-state index contributed by atoms with van der Waals surface area (Å²) in [5.74, 6) is 0.213. The summed E-state index contributed by atoms with van der Waals surface area (Å²) in [4.78, 5) is 12.9. The van der Waals surface area contributed by atoms with E-state index in [0.717, 1.165) is 17.7 Å². The van der Waals surface area contributed by atoms with Crippen molar-refractivity contribution in [3.8, 4) is 16.9 Å². The fourth-order valence-corrected chi connectivity index (χ4v) is 2.96. The summed E-state index contributed by atoms with van der Waals surface area (Å²) < 4.78 is 15.5. The van der Waals surface area contributed by atoms with Gasteiger partial charge in [0.2, 0.25) is 5.95 Å². The predicted octanol–water partition coefficient (Wildman–Crippen LogP) is 3.91. The van der Waals surface area contributed by atoms with Crippen LogP contribution in [0.5, 0.6) is 0 Å². The van der Waals surface area contributed by atoms with Gasteiger partial charge in [-0.3, -0.25) is 4.98 Å². The first-order valence-electron chi connectivity index (χ1n) is 8.97. The Morgan fingerprint density at radius 3 is 2.71 bits per heavy atom. The van der Waals surface area contributed by atoms with Crippen LogP contribution in [0.15, 0.2) is 73.4 Å². The minimum atomic E-state index is -0.327. The first-order valence-corrected chi connectivity index (χ1v) is 8.97. The molecule has 0 radical (unpaired) electrons. The Morgan fingerprint density at radius 1 is 1.07 bits per heavy atom. The van der Waals surface area contributed by atoms with Gasteiger partial charge in [-0.1, -0.05) is 12.1 Å². The van der Waals surface area contributed by atoms with Crippen molar-refractivity contribution in [2.24, 2.45) is 0 Å². The quantitative estimate of drug-likeness (QED) is 0.554. The molecule has 0 saturated heterocycles. The first kappa shape index (κ1) is 17.8. The fraction of sp³-hybridized carbons (Fsp3) is 0.143. The van der Waals surface area contributed by atoms with E-state index < -0.39 is 0 Å². The molecular weight excluding hydrogens is 355 g/mol. The van der Waals surface area contributed by atoms with Crippen LogP contribution in [0.3, 0.4) is 0 Å². The molecule has 6 nitrogen and oxygen atoms in total. The van der Waals surface area contributed by atoms with Crippen LogP contribution < -0.4 is 5.32 Å². The maximum absolute atomic E-state index is 14.0. The number of rotatable bonds is 6. The highest BCUT2D eigenvalue weighted by Gasteiger charge is 2.10. The summed E-state index contributed by atoms with van der Waals surface area (Å²) in [6, 6.07) is 12.5. The summed E-state index contributed by atoms with van der Waals surface area (Å²) in [7, 11) is 0. The van der Waals surface area contributed by atoms with Crippen molar-refractivity contribution in [2.75, 3.05) is 5.32 Å². The number of para-hydroxylation sites is 1. The fourth-order valence-electron chi connectivity index (χ4n) is 2.96. The van der Waals surface area contributed by atoms with E-state index in [-0.39, 0.29) is 11.9 Å². The van der Waals surface area contributed by atoms with Crippen LogP contribution in [0.2, 0.25) is 0 Å². The van der Waals surface area contributed by atoms with Crippen LogP contribution in [0, 0.1) is 5.82 Å². The molecule has 0 spiro atoms. The predicted molar refractivity (Wildman–Crippen MR) is 106 cm³/mol. The topological polar surface area (TPSA) is 68.5 Å². The molecule has 1 N–H and O–H groups in total. The second-order valence-electron chi connectivity index (χ2n) is 6.50. The van der Waals surface area contributed by atoms with Gasteiger partial charge in [-0.05, 0) is 49.2 Å². The molecule has 0 saturated carbocycles. The van der Waals surface area contributed by atoms with Gasteiger partial charge in [-0.2, -0.15) is 5.10 Å². The van der Waals surface area contributed by atoms with Gasteiger partial charge in [-0.25, -0.2) is 19.0 Å². The van der Waals surface area contributed by atoms with Gasteiger partial charge in [0.1, 0.15) is 11.5 Å². The van der Waals surface area contributed by atoms with Crippen LogP contribution in [0.1, 0.15) is 12.5 Å². The van der Waals surface area contributed by atoms with E-state index in [2.05, 4.69) is 32.3 Å². The molecule has 7 heteroatoms. The first-order chi connectivity index (χ1) is 13.7. The second-order valence-corrected chi connectivity index (χ2v) is 6.50. The average Bonchev–Trinajstić information content (AvgIpc) is 3.19. The minimum absolute atomic E-state index is 0.152. The Bertz CT molecular complexity index is 1060. The number of nitrogens with zero attached hydrogens (tertiary/aromatic N) is 5. The van der Waals surface area contributed by atoms with Gasteiger partial charge in [-0.15, -0.1) is 0 Å². The van der Waals surface area contributed by atoms with Crippen molar-refractivity contribution < 1.29 is 4.39 Å². The van der Waals surface area contributed by atoms with Crippen LogP contribution in [-0.2, 0) is 6.42 Å². The lowest BCUT2D eigenvalue weighted by molar-refractivity contribution is 0.611. The highest BCUT2D eigenvalue weighted by Crippen LogP contribution is 2.20. The normalized spacial score (nSPS) is 11.9. The molecular formula is C21H19FN6. The SMILES string of the molecule is C[C@H](Cc1ccncc1)Nc1nccc(-c2cnn(-c3ccccc3F)c2)n1. The highest BCUT2D eigenvalue weighted by atomic mass is 19.1. The van der Waals surface area contributed by atoms with Crippen molar-refractivity contribution >= 4 is 5.95 Å². The van der Waals surface area contributed by atoms with Gasteiger partial charge >= 0.3 is 0 Å². The summed E-state index contributed by atoms with van der Waals surface area (Å²) in [5, 5.41) is 7.58. The molecule has 28 heavy (non-hydrogen) atoms. The summed E-state index contributed by atoms with van der Waals surface area (Å²) in [5.41, 5.74) is 3.09. The number of benzene rings is 1. The lowest BCUT2D eigenvalue weighted by atomic mass is 10.1. The van der Waals surface area contributed by atoms with E-state index in [1.807, 2.05) is 12.1 Å². The van der Waals surface area contributed by atoms with Gasteiger partial charge in [0.05, 0.1) is 11.9 Å². The van der Waals surface area contributed by atoms with E-state index >= 15 is 0 Å². The Kier molecular flexibility index (Phi) is 5.05. The molecule has 0 unspecified atom stereocenters. The molecule has 0 bridgehead atoms. The van der Waals surface area contributed by atoms with Gasteiger partial charge < -0.3 is 5.32 Å². The maximum Gasteiger partial charge on any atom is 0.223 e. The second kappa shape index (κ2) is 7.96. The molecule has 140 valence electrons. The molecule has 4 rings (SSSR count). The number of anilines is 1. The van der Waals surface area contributed by atoms with Crippen molar-refractivity contribution in [3.05, 3.63) is 84.8 Å². The van der Waals surface area contributed by atoms with Crippen LogP contribution >= 0.6 is 0 Å². The summed E-state index contributed by atoms with van der Waals surface area (Å²) in [6.07, 6.45) is 9.52. The zero-order valence-corrected chi connectivity index (χ0v) is 15.3. The monoisotopic (exact) mass is 374 g/mol. The average molecular weight is 374 g/mol. The lowest BCUT2D eigenvalue weighted by Crippen LogP contribution is -2.19. The van der Waals surface area contributed by atoms with Crippen LogP contribution in [0.25, 0.3) is 16.9 Å². The number of pyridine rings is 1. The number of hydrogen-bond donors (Lipinski definition) is 1. The molecule has 4 aromatic rings. The molecule has 3 heterocycles. The van der Waals surface area contributed by atoms with E-state index in [4.69, 9.17) is 0 Å². The standard InChI is InChI=1S/C21H19FN6/c1-15(12-16-6-9-23-10-7-16)26-21-24-11-8-19(27-21)17-13-25-28(14-17)20-5-3-2-4-18(20)22/h2-11,13-15H,12H2,1H3,(H,24,26,27)/t15-/m1/s1. The number of hydrogen-bond acceptors (Lipinski definition) is 5. The van der Waals surface area contributed by atoms with Gasteiger partial charge in [0, 0.05) is 36.4 Å². The molecule has 3 aromatic heterocycles. The Labute approximate surface area is 162 Å². The van der Waals surface area contributed by atoms with Crippen molar-refractivity contribution in [2.45, 2.75) is 19.4 Å². The Hall–Kier alpha value is -3.61. The lowest BCUT2D eigenvalue weighted by Gasteiger charge is -2.14. The molecule has 0 aliphatic rings. The highest BCUT2D eigenvalue weighted by molar-refractivity contribution is 5.59. The molecule has 0 aliphatic heterocycles. The zero-order chi connectivity index (χ0) is 19.3. The largest absolute Gasteiger partial charge is 0.351 e. The Morgan fingerprint density at radius 2 is 1.89 bits per heavy atom. The van der Waals surface area contributed by atoms with E-state index in [1.54, 1.807) is 55.2 Å². The third-order valence-electron chi connectivity index (χ3n) is 4.30. The van der Waals surface area contributed by atoms with E-state index in [9.17, 15) is 4.39 Å². The molecule has 0 aliphatic carbocycles. The number of nitrogens with one attached hydrogen (secondary N) is 1. The van der Waals surface area contributed by atoms with Gasteiger partial charge in [0.25, 0.3) is 0 Å². The van der Waals surface area contributed by atoms with Gasteiger partial charge in [0.15, 0.2) is 0 Å².